The zero-order valence-electron chi connectivity index (χ0n) is 9.39. The Hall–Kier alpha value is -1.11. The Morgan fingerprint density at radius 2 is 2.24 bits per heavy atom. The second kappa shape index (κ2) is 7.26. The first-order valence-corrected chi connectivity index (χ1v) is 6.82. The van der Waals surface area contributed by atoms with Crippen LogP contribution in [0.5, 0.6) is 0 Å². The number of amides is 1. The van der Waals surface area contributed by atoms with Gasteiger partial charge in [0.2, 0.25) is 5.91 Å². The lowest BCUT2D eigenvalue weighted by molar-refractivity contribution is -0.124. The van der Waals surface area contributed by atoms with Crippen molar-refractivity contribution in [1.82, 2.24) is 4.90 Å². The first kappa shape index (κ1) is 14.0. The van der Waals surface area contributed by atoms with Crippen LogP contribution in [0, 0.1) is 28.6 Å². The number of unbranched alkanes of at least 4 members (excludes halogenated alkanes) is 2. The van der Waals surface area contributed by atoms with Crippen molar-refractivity contribution in [3.63, 3.8) is 0 Å². The van der Waals surface area contributed by atoms with Crippen molar-refractivity contribution in [2.45, 2.75) is 25.7 Å². The highest BCUT2D eigenvalue weighted by Crippen LogP contribution is 2.22. The molecular weight excluding hydrogens is 254 g/mol. The molecule has 6 heteroatoms. The van der Waals surface area contributed by atoms with Gasteiger partial charge in [0.15, 0.2) is 0 Å². The SMILES string of the molecule is N#CCCCCC(C#N)CN1C(=O)CSC1=S. The van der Waals surface area contributed by atoms with Gasteiger partial charge in [-0.1, -0.05) is 30.4 Å². The van der Waals surface area contributed by atoms with E-state index in [9.17, 15) is 4.79 Å². The monoisotopic (exact) mass is 267 g/mol. The fraction of sp³-hybridized carbons (Fsp3) is 0.636. The predicted octanol–water partition coefficient (Wildman–Crippen LogP) is 2.07. The molecule has 0 aromatic rings. The van der Waals surface area contributed by atoms with Gasteiger partial charge in [0.25, 0.3) is 0 Å². The molecule has 17 heavy (non-hydrogen) atoms. The molecule has 4 nitrogen and oxygen atoms in total. The molecule has 1 amide bonds. The summed E-state index contributed by atoms with van der Waals surface area (Å²) in [5, 5.41) is 17.4. The lowest BCUT2D eigenvalue weighted by Gasteiger charge is -2.18. The summed E-state index contributed by atoms with van der Waals surface area (Å²) in [5.74, 6) is 0.206. The Labute approximate surface area is 111 Å². The zero-order valence-corrected chi connectivity index (χ0v) is 11.0. The highest BCUT2D eigenvalue weighted by molar-refractivity contribution is 8.23. The van der Waals surface area contributed by atoms with Crippen LogP contribution < -0.4 is 0 Å². The van der Waals surface area contributed by atoms with Crippen LogP contribution in [0.3, 0.4) is 0 Å². The molecule has 0 N–H and O–H groups in total. The first-order chi connectivity index (χ1) is 8.19. The topological polar surface area (TPSA) is 67.9 Å². The summed E-state index contributed by atoms with van der Waals surface area (Å²) in [6, 6.07) is 4.28. The summed E-state index contributed by atoms with van der Waals surface area (Å²) in [4.78, 5) is 13.0. The molecule has 1 unspecified atom stereocenters. The molecule has 0 aromatic heterocycles. The number of thioether (sulfide) groups is 1. The summed E-state index contributed by atoms with van der Waals surface area (Å²) in [6.45, 7) is 0.397. The molecule has 1 aliphatic rings. The van der Waals surface area contributed by atoms with E-state index in [-0.39, 0.29) is 11.8 Å². The standard InChI is InChI=1S/C11H13N3OS2/c12-5-3-1-2-4-9(6-13)7-14-10(15)8-17-11(14)16/h9H,1-4,7-8H2. The zero-order chi connectivity index (χ0) is 12.7. The van der Waals surface area contributed by atoms with Crippen molar-refractivity contribution in [3.05, 3.63) is 0 Å². The van der Waals surface area contributed by atoms with Crippen molar-refractivity contribution in [3.8, 4) is 12.1 Å². The van der Waals surface area contributed by atoms with E-state index in [4.69, 9.17) is 22.7 Å². The number of nitrogens with zero attached hydrogens (tertiary/aromatic N) is 3. The molecule has 1 fully saturated rings. The van der Waals surface area contributed by atoms with Gasteiger partial charge in [-0.15, -0.1) is 0 Å². The van der Waals surface area contributed by atoms with Crippen molar-refractivity contribution < 1.29 is 4.79 Å². The molecule has 1 atom stereocenters. The largest absolute Gasteiger partial charge is 0.296 e. The third kappa shape index (κ3) is 4.33. The normalized spacial score (nSPS) is 16.7. The molecule has 1 heterocycles. The minimum absolute atomic E-state index is 0.00252. The van der Waals surface area contributed by atoms with E-state index in [1.165, 1.54) is 16.7 Å². The van der Waals surface area contributed by atoms with Crippen LogP contribution in [0.2, 0.25) is 0 Å². The van der Waals surface area contributed by atoms with Gasteiger partial charge in [-0.3, -0.25) is 9.69 Å². The Kier molecular flexibility index (Phi) is 5.96. The third-order valence-electron chi connectivity index (χ3n) is 2.52. The number of hydrogen-bond donors (Lipinski definition) is 0. The van der Waals surface area contributed by atoms with Gasteiger partial charge in [0, 0.05) is 13.0 Å². The second-order valence-corrected chi connectivity index (χ2v) is 5.40. The van der Waals surface area contributed by atoms with Crippen molar-refractivity contribution >= 4 is 34.2 Å². The fourth-order valence-corrected chi connectivity index (χ4v) is 2.66. The van der Waals surface area contributed by atoms with Crippen LogP contribution in [-0.2, 0) is 4.79 Å². The minimum atomic E-state index is -0.186. The summed E-state index contributed by atoms with van der Waals surface area (Å²) >= 11 is 6.41. The van der Waals surface area contributed by atoms with Gasteiger partial charge in [-0.05, 0) is 12.8 Å². The number of carbonyl (C=O) groups is 1. The van der Waals surface area contributed by atoms with E-state index in [2.05, 4.69) is 12.1 Å². The van der Waals surface area contributed by atoms with Gasteiger partial charge in [0.1, 0.15) is 4.32 Å². The number of hydrogen-bond acceptors (Lipinski definition) is 5. The average molecular weight is 267 g/mol. The van der Waals surface area contributed by atoms with E-state index in [1.54, 1.807) is 0 Å². The quantitative estimate of drug-likeness (QED) is 0.544. The minimum Gasteiger partial charge on any atom is -0.296 e. The van der Waals surface area contributed by atoms with Crippen LogP contribution in [-0.4, -0.2) is 27.4 Å². The average Bonchev–Trinajstić information content (AvgIpc) is 2.64. The van der Waals surface area contributed by atoms with Crippen molar-refractivity contribution in [1.29, 1.82) is 10.5 Å². The summed E-state index contributed by atoms with van der Waals surface area (Å²) in [6.07, 6.45) is 2.89. The van der Waals surface area contributed by atoms with Crippen LogP contribution in [0.4, 0.5) is 0 Å². The van der Waals surface area contributed by atoms with E-state index in [1.807, 2.05) is 0 Å². The predicted molar refractivity (Wildman–Crippen MR) is 70.0 cm³/mol. The van der Waals surface area contributed by atoms with E-state index in [0.717, 1.165) is 19.3 Å². The molecule has 0 aromatic carbocycles. The second-order valence-electron chi connectivity index (χ2n) is 3.79. The van der Waals surface area contributed by atoms with Crippen LogP contribution in [0.1, 0.15) is 25.7 Å². The molecular formula is C11H13N3OS2. The third-order valence-corrected chi connectivity index (χ3v) is 3.95. The molecule has 1 saturated heterocycles. The highest BCUT2D eigenvalue weighted by atomic mass is 32.2. The van der Waals surface area contributed by atoms with Gasteiger partial charge in [-0.2, -0.15) is 10.5 Å². The Morgan fingerprint density at radius 1 is 1.47 bits per heavy atom. The lowest BCUT2D eigenvalue weighted by Crippen LogP contribution is -2.33. The number of rotatable bonds is 6. The van der Waals surface area contributed by atoms with Crippen LogP contribution >= 0.6 is 24.0 Å². The Balaban J connectivity index is 2.37. The summed E-state index contributed by atoms with van der Waals surface area (Å²) in [7, 11) is 0. The van der Waals surface area contributed by atoms with Crippen molar-refractivity contribution in [2.24, 2.45) is 5.92 Å². The lowest BCUT2D eigenvalue weighted by atomic mass is 10.0. The first-order valence-electron chi connectivity index (χ1n) is 5.42. The summed E-state index contributed by atoms with van der Waals surface area (Å²) < 4.78 is 0.576. The van der Waals surface area contributed by atoms with Gasteiger partial charge < -0.3 is 0 Å². The molecule has 1 rings (SSSR count). The molecule has 0 radical (unpaired) electrons. The molecule has 0 spiro atoms. The maximum atomic E-state index is 11.5. The number of thiocarbonyl (C=S) groups is 1. The molecule has 90 valence electrons. The van der Waals surface area contributed by atoms with E-state index >= 15 is 0 Å². The van der Waals surface area contributed by atoms with E-state index in [0.29, 0.717) is 23.0 Å². The van der Waals surface area contributed by atoms with Gasteiger partial charge in [-0.25, -0.2) is 0 Å². The maximum Gasteiger partial charge on any atom is 0.238 e. The molecule has 0 bridgehead atoms. The molecule has 1 aliphatic heterocycles. The summed E-state index contributed by atoms with van der Waals surface area (Å²) in [5.41, 5.74) is 0. The van der Waals surface area contributed by atoms with Crippen molar-refractivity contribution in [2.75, 3.05) is 12.3 Å². The maximum absolute atomic E-state index is 11.5. The number of nitriles is 2. The molecule has 0 aliphatic carbocycles. The fourth-order valence-electron chi connectivity index (χ4n) is 1.57. The van der Waals surface area contributed by atoms with Crippen LogP contribution in [0.15, 0.2) is 0 Å². The Bertz CT molecular complexity index is 367. The number of carbonyl (C=O) groups excluding carboxylic acids is 1. The highest BCUT2D eigenvalue weighted by Gasteiger charge is 2.28. The van der Waals surface area contributed by atoms with Crippen LogP contribution in [0.25, 0.3) is 0 Å². The van der Waals surface area contributed by atoms with Gasteiger partial charge >= 0.3 is 0 Å². The smallest absolute Gasteiger partial charge is 0.238 e. The van der Waals surface area contributed by atoms with E-state index < -0.39 is 0 Å². The Morgan fingerprint density at radius 3 is 2.76 bits per heavy atom. The van der Waals surface area contributed by atoms with Gasteiger partial charge in [0.05, 0.1) is 23.8 Å². The molecule has 0 saturated carbocycles.